The molecule has 4 heterocycles. The summed E-state index contributed by atoms with van der Waals surface area (Å²) in [4.78, 5) is 104. The third-order valence-corrected chi connectivity index (χ3v) is 19.6. The van der Waals surface area contributed by atoms with Crippen LogP contribution < -0.4 is 36.6 Å². The molecule has 2 fully saturated rings. The number of aliphatic hydroxyl groups is 1. The highest BCUT2D eigenvalue weighted by Crippen LogP contribution is 2.45. The molecule has 1 aromatic heterocycles. The topological polar surface area (TPSA) is 270 Å². The Kier molecular flexibility index (Phi) is 20.6. The molecule has 0 unspecified atom stereocenters. The molecule has 5 aliphatic rings. The number of para-hydroxylation sites is 1. The van der Waals surface area contributed by atoms with Gasteiger partial charge in [-0.25, -0.2) is 14.2 Å². The second-order valence-electron chi connectivity index (χ2n) is 26.4. The highest BCUT2D eigenvalue weighted by Gasteiger charge is 2.54. The number of aliphatic hydroxyl groups excluding tert-OH is 1. The summed E-state index contributed by atoms with van der Waals surface area (Å²) in [6, 6.07) is 31.0. The predicted octanol–water partition coefficient (Wildman–Crippen LogP) is 8.22. The van der Waals surface area contributed by atoms with Gasteiger partial charge in [0.15, 0.2) is 5.67 Å². The van der Waals surface area contributed by atoms with Crippen LogP contribution in [0, 0.1) is 12.3 Å². The van der Waals surface area contributed by atoms with Gasteiger partial charge in [-0.2, -0.15) is 0 Å². The number of amides is 7. The number of hydrogen-bond donors (Lipinski definition) is 6. The van der Waals surface area contributed by atoms with Crippen LogP contribution in [-0.2, 0) is 75.4 Å². The number of likely N-dealkylation sites (tertiary alicyclic amines) is 1. The van der Waals surface area contributed by atoms with E-state index in [1.54, 1.807) is 26.3 Å². The number of β-amino-alcohol motifs (C(OH)–C–C–N with tert-alkyl or cyclic N) is 1. The van der Waals surface area contributed by atoms with Crippen LogP contribution in [0.15, 0.2) is 115 Å². The van der Waals surface area contributed by atoms with Crippen molar-refractivity contribution in [3.63, 3.8) is 0 Å². The number of rotatable bonds is 27. The Hall–Kier alpha value is -8.57. The molecule has 94 heavy (non-hydrogen) atoms. The molecular formula is C72H83FN8O12S. The molecular weight excluding hydrogens is 1220 g/mol. The van der Waals surface area contributed by atoms with Crippen LogP contribution in [0.3, 0.4) is 0 Å². The lowest BCUT2D eigenvalue weighted by Gasteiger charge is -2.35. The van der Waals surface area contributed by atoms with Crippen LogP contribution in [-0.4, -0.2) is 138 Å². The van der Waals surface area contributed by atoms with E-state index in [1.807, 2.05) is 111 Å². The number of nitrogens with one attached hydrogen (secondary N) is 4. The summed E-state index contributed by atoms with van der Waals surface area (Å²) in [5.74, 6) is -2.89. The first-order chi connectivity index (χ1) is 45.1. The van der Waals surface area contributed by atoms with E-state index >= 15 is 0 Å². The summed E-state index contributed by atoms with van der Waals surface area (Å²) in [5.41, 5.74) is 15.8. The number of nitrogens with zero attached hydrogens (tertiary/aromatic N) is 3. The summed E-state index contributed by atoms with van der Waals surface area (Å²) in [7, 11) is 0. The number of alkyl halides is 1. The van der Waals surface area contributed by atoms with E-state index < -0.39 is 95.0 Å². The largest absolute Gasteiger partial charge is 0.491 e. The van der Waals surface area contributed by atoms with Crippen LogP contribution in [0.25, 0.3) is 21.6 Å². The highest BCUT2D eigenvalue weighted by molar-refractivity contribution is 7.13. The second kappa shape index (κ2) is 29.0. The average molecular weight is 1300 g/mol. The molecule has 7 N–H and O–H groups in total. The molecule has 0 radical (unpaired) electrons. The standard InChI is InChI=1S/C72H83FN8O12S/c1-42-63(94-41-76-42)48-23-24-49(37-75-65(84)58-36-50(82)38-80(58)68(87)64(71(3,4)5)79-69(88)72(73)29-30-72)60(35-48)91-33-32-90-31-11-12-44-19-21-45(22-20-44)39-92-43(2)56(27-28-61(74)83)77-66(85)59-34-47-14-10-13-46-25-26-57(67(86)81(59)62(46)47)78-70(89)93-40-55-53-17-8-6-15-51(53)52-16-7-9-18-54(52)55/h6-10,13-24,35,41,43,50,55-59,64,82H,11-12,25-34,36-40H2,1-5H3,(H2,74,83)(H,75,84)(H,77,85)(H,78,89)(H,79,88)/t43-,50-,56+,57+,58+,59+,64-/m1/s1. The molecule has 6 aromatic rings. The van der Waals surface area contributed by atoms with Gasteiger partial charge in [0.05, 0.1) is 53.2 Å². The molecule has 1 saturated carbocycles. The number of fused-ring (bicyclic) bond motifs is 3. The number of aryl methyl sites for hydroxylation is 3. The maximum Gasteiger partial charge on any atom is 0.407 e. The molecule has 1 saturated heterocycles. The predicted molar refractivity (Wildman–Crippen MR) is 352 cm³/mol. The Morgan fingerprint density at radius 1 is 0.862 bits per heavy atom. The van der Waals surface area contributed by atoms with Crippen molar-refractivity contribution in [2.75, 3.05) is 37.9 Å². The minimum absolute atomic E-state index is 0.00441. The van der Waals surface area contributed by atoms with E-state index in [0.29, 0.717) is 36.4 Å². The molecule has 7 amide bonds. The van der Waals surface area contributed by atoms with Crippen molar-refractivity contribution in [1.82, 2.24) is 31.2 Å². The highest BCUT2D eigenvalue weighted by atomic mass is 32.1. The van der Waals surface area contributed by atoms with Gasteiger partial charge in [0, 0.05) is 50.4 Å². The molecule has 11 rings (SSSR count). The number of carbonyl (C=O) groups excluding carboxylic acids is 7. The zero-order valence-corrected chi connectivity index (χ0v) is 54.6. The fourth-order valence-corrected chi connectivity index (χ4v) is 14.0. The lowest BCUT2D eigenvalue weighted by molar-refractivity contribution is -0.145. The van der Waals surface area contributed by atoms with Crippen molar-refractivity contribution in [2.45, 2.75) is 166 Å². The normalized spacial score (nSPS) is 19.4. The third kappa shape index (κ3) is 15.3. The summed E-state index contributed by atoms with van der Waals surface area (Å²) in [6.45, 7) is 10.2. The van der Waals surface area contributed by atoms with Crippen molar-refractivity contribution in [2.24, 2.45) is 11.1 Å². The maximum atomic E-state index is 14.7. The molecule has 0 spiro atoms. The van der Waals surface area contributed by atoms with Crippen LogP contribution >= 0.6 is 11.3 Å². The Morgan fingerprint density at radius 3 is 2.27 bits per heavy atom. The smallest absolute Gasteiger partial charge is 0.407 e. The average Bonchev–Trinajstić information content (AvgIpc) is 1.61. The monoisotopic (exact) mass is 1300 g/mol. The van der Waals surface area contributed by atoms with Crippen LogP contribution in [0.5, 0.6) is 5.75 Å². The third-order valence-electron chi connectivity index (χ3n) is 18.6. The van der Waals surface area contributed by atoms with Gasteiger partial charge in [-0.05, 0) is 120 Å². The lowest BCUT2D eigenvalue weighted by atomic mass is 9.85. The Balaban J connectivity index is 0.642. The number of anilines is 1. The van der Waals surface area contributed by atoms with Gasteiger partial charge >= 0.3 is 6.09 Å². The van der Waals surface area contributed by atoms with Gasteiger partial charge < -0.3 is 56.0 Å². The van der Waals surface area contributed by atoms with Crippen molar-refractivity contribution < 1.29 is 62.0 Å². The number of alkyl carbamates (subject to hydrolysis) is 1. The van der Waals surface area contributed by atoms with E-state index in [-0.39, 0.29) is 84.0 Å². The molecule has 20 nitrogen and oxygen atoms in total. The molecule has 3 aliphatic heterocycles. The minimum Gasteiger partial charge on any atom is -0.491 e. The van der Waals surface area contributed by atoms with Gasteiger partial charge in [0.2, 0.25) is 29.5 Å². The van der Waals surface area contributed by atoms with Gasteiger partial charge in [0.25, 0.3) is 5.91 Å². The minimum atomic E-state index is -2.00. The Morgan fingerprint density at radius 2 is 1.57 bits per heavy atom. The van der Waals surface area contributed by atoms with Crippen molar-refractivity contribution in [3.05, 3.63) is 159 Å². The van der Waals surface area contributed by atoms with Gasteiger partial charge in [-0.3, -0.25) is 33.7 Å². The van der Waals surface area contributed by atoms with E-state index in [1.165, 1.54) is 21.1 Å². The molecule has 5 aromatic carbocycles. The van der Waals surface area contributed by atoms with E-state index in [2.05, 4.69) is 38.4 Å². The summed E-state index contributed by atoms with van der Waals surface area (Å²) < 4.78 is 39.3. The van der Waals surface area contributed by atoms with Crippen molar-refractivity contribution in [1.29, 1.82) is 0 Å². The summed E-state index contributed by atoms with van der Waals surface area (Å²) >= 11 is 1.50. The zero-order valence-electron chi connectivity index (χ0n) is 53.8. The fourth-order valence-electron chi connectivity index (χ4n) is 13.2. The zero-order chi connectivity index (χ0) is 66.4. The first kappa shape index (κ1) is 66.9. The number of benzene rings is 5. The molecule has 22 heteroatoms. The van der Waals surface area contributed by atoms with Crippen LogP contribution in [0.4, 0.5) is 14.9 Å². The van der Waals surface area contributed by atoms with E-state index in [0.717, 1.165) is 73.5 Å². The number of primary amides is 1. The first-order valence-electron chi connectivity index (χ1n) is 32.5. The van der Waals surface area contributed by atoms with Crippen LogP contribution in [0.1, 0.15) is 123 Å². The number of carbonyl (C=O) groups is 7. The van der Waals surface area contributed by atoms with Gasteiger partial charge in [-0.15, -0.1) is 11.3 Å². The van der Waals surface area contributed by atoms with Gasteiger partial charge in [0.1, 0.15) is 43.1 Å². The number of ether oxygens (including phenoxy) is 4. The number of hydrogen-bond acceptors (Lipinski definition) is 14. The Labute approximate surface area is 550 Å². The fraction of sp³-hybridized carbons (Fsp3) is 0.444. The summed E-state index contributed by atoms with van der Waals surface area (Å²) in [6.07, 6.45) is 0.645. The van der Waals surface area contributed by atoms with Crippen LogP contribution in [0.2, 0.25) is 0 Å². The molecule has 496 valence electrons. The van der Waals surface area contributed by atoms with Crippen molar-refractivity contribution in [3.8, 4) is 27.3 Å². The molecule has 7 atom stereocenters. The second-order valence-corrected chi connectivity index (χ2v) is 27.2. The lowest BCUT2D eigenvalue weighted by Crippen LogP contribution is -2.59. The summed E-state index contributed by atoms with van der Waals surface area (Å²) in [5, 5.41) is 22.2. The number of thiazole rings is 1. The number of halogens is 1. The number of aromatic nitrogens is 1. The molecule has 0 bridgehead atoms. The Bertz CT molecular complexity index is 3750. The maximum absolute atomic E-state index is 14.7. The quantitative estimate of drug-likeness (QED) is 0.0266. The number of nitrogens with two attached hydrogens (primary N) is 1. The van der Waals surface area contributed by atoms with Crippen molar-refractivity contribution >= 4 is 58.6 Å². The molecule has 2 aliphatic carbocycles. The first-order valence-corrected chi connectivity index (χ1v) is 33.4. The van der Waals surface area contributed by atoms with E-state index in [9.17, 15) is 43.1 Å². The van der Waals surface area contributed by atoms with E-state index in [4.69, 9.17) is 24.7 Å². The SMILES string of the molecule is Cc1ncsc1-c1ccc(CNC(=O)[C@@H]2C[C@@H](O)CN2C(=O)[C@@H](NC(=O)C2(F)CC2)C(C)(C)C)c(OCCOCCCc2ccc(CO[C@H](C)[C@H](CCC(N)=O)NC(=O)[C@@H]3Cc4cccc5c4N3C(=O)[C@@H](NC(=O)OCC3c4ccccc4-c4ccccc43)CC5)cc2)c1. The van der Waals surface area contributed by atoms with Gasteiger partial charge in [-0.1, -0.05) is 124 Å².